The molecule has 0 aliphatic carbocycles. The summed E-state index contributed by atoms with van der Waals surface area (Å²) < 4.78 is 5.35. The number of H-pyrrole nitrogens is 1. The third-order valence-corrected chi connectivity index (χ3v) is 3.32. The Kier molecular flexibility index (Phi) is 4.99. The van der Waals surface area contributed by atoms with Gasteiger partial charge in [0.1, 0.15) is 12.1 Å². The Hall–Kier alpha value is -2.29. The number of hydrogen-bond donors (Lipinski definition) is 3. The Bertz CT molecular complexity index is 675. The molecule has 0 aliphatic rings. The van der Waals surface area contributed by atoms with Gasteiger partial charge in [-0.05, 0) is 18.2 Å². The molecule has 0 saturated heterocycles. The first-order valence-electron chi connectivity index (χ1n) is 6.31. The summed E-state index contributed by atoms with van der Waals surface area (Å²) >= 11 is 1.15. The molecule has 2 rings (SSSR count). The number of nitrogens with zero attached hydrogens (tertiary/aromatic N) is 3. The molecular weight excluding hydrogens is 292 g/mol. The molecule has 0 unspecified atom stereocenters. The third kappa shape index (κ3) is 3.85. The van der Waals surface area contributed by atoms with Gasteiger partial charge in [0.05, 0.1) is 7.11 Å². The van der Waals surface area contributed by atoms with Crippen molar-refractivity contribution in [3.05, 3.63) is 22.7 Å². The Morgan fingerprint density at radius 3 is 2.95 bits per heavy atom. The van der Waals surface area contributed by atoms with Crippen molar-refractivity contribution in [1.82, 2.24) is 19.9 Å². The minimum absolute atomic E-state index is 0.151. The van der Waals surface area contributed by atoms with Crippen LogP contribution in [0.1, 0.15) is 13.3 Å². The maximum absolute atomic E-state index is 11.4. The maximum atomic E-state index is 11.4. The Labute approximate surface area is 125 Å². The fourth-order valence-electron chi connectivity index (χ4n) is 1.58. The summed E-state index contributed by atoms with van der Waals surface area (Å²) in [5, 5.41) is 4.04. The highest BCUT2D eigenvalue weighted by molar-refractivity contribution is 7.99. The second-order valence-corrected chi connectivity index (χ2v) is 5.04. The number of hydrogen-bond acceptors (Lipinski definition) is 8. The predicted molar refractivity (Wildman–Crippen MR) is 80.8 cm³/mol. The molecular formula is C12H16N6O2S. The van der Waals surface area contributed by atoms with Crippen molar-refractivity contribution >= 4 is 23.4 Å². The smallest absolute Gasteiger partial charge is 0.253 e. The van der Waals surface area contributed by atoms with Crippen molar-refractivity contribution in [2.45, 2.75) is 23.5 Å². The van der Waals surface area contributed by atoms with E-state index in [9.17, 15) is 4.79 Å². The van der Waals surface area contributed by atoms with E-state index < -0.39 is 0 Å². The van der Waals surface area contributed by atoms with E-state index in [1.165, 1.54) is 19.5 Å². The Balaban J connectivity index is 2.32. The van der Waals surface area contributed by atoms with Crippen LogP contribution >= 0.6 is 11.8 Å². The number of anilines is 2. The van der Waals surface area contributed by atoms with Crippen LogP contribution in [0.2, 0.25) is 0 Å². The van der Waals surface area contributed by atoms with Crippen LogP contribution in [0.25, 0.3) is 0 Å². The highest BCUT2D eigenvalue weighted by atomic mass is 32.2. The molecule has 0 aromatic carbocycles. The highest BCUT2D eigenvalue weighted by Crippen LogP contribution is 2.34. The van der Waals surface area contributed by atoms with E-state index in [0.29, 0.717) is 21.7 Å². The zero-order chi connectivity index (χ0) is 15.2. The van der Waals surface area contributed by atoms with Crippen LogP contribution in [0, 0.1) is 0 Å². The van der Waals surface area contributed by atoms with Crippen LogP contribution in [-0.2, 0) is 0 Å². The van der Waals surface area contributed by atoms with Crippen LogP contribution in [0.4, 0.5) is 11.6 Å². The van der Waals surface area contributed by atoms with Gasteiger partial charge >= 0.3 is 0 Å². The number of rotatable bonds is 6. The minimum atomic E-state index is -0.317. The van der Waals surface area contributed by atoms with E-state index in [1.54, 1.807) is 0 Å². The van der Waals surface area contributed by atoms with E-state index in [2.05, 4.69) is 32.2 Å². The number of nitrogen functional groups attached to an aromatic ring is 1. The van der Waals surface area contributed by atoms with Crippen LogP contribution in [0.15, 0.2) is 27.4 Å². The summed E-state index contributed by atoms with van der Waals surface area (Å²) in [4.78, 5) is 26.3. The molecule has 21 heavy (non-hydrogen) atoms. The second-order valence-electron chi connectivity index (χ2n) is 4.06. The minimum Gasteiger partial charge on any atom is -0.490 e. The van der Waals surface area contributed by atoms with E-state index in [4.69, 9.17) is 10.5 Å². The number of aromatic amines is 1. The first-order valence-corrected chi connectivity index (χ1v) is 7.13. The molecule has 0 saturated carbocycles. The molecule has 2 aromatic heterocycles. The standard InChI is InChI=1S/C12H16N6O2S/c1-3-4-14-10-9(20-2)11(16-6-15-10)21-12-17-7(13)5-8(19)18-12/h5-6H,3-4H2,1-2H3,(H,14,15,16)(H3,13,17,18,19). The van der Waals surface area contributed by atoms with Gasteiger partial charge in [0.15, 0.2) is 21.7 Å². The summed E-state index contributed by atoms with van der Waals surface area (Å²) in [5.74, 6) is 1.25. The molecule has 0 bridgehead atoms. The van der Waals surface area contributed by atoms with Crippen molar-refractivity contribution < 1.29 is 4.74 Å². The summed E-state index contributed by atoms with van der Waals surface area (Å²) in [6.07, 6.45) is 2.38. The lowest BCUT2D eigenvalue weighted by atomic mass is 10.4. The Morgan fingerprint density at radius 2 is 2.29 bits per heavy atom. The monoisotopic (exact) mass is 308 g/mol. The number of nitrogens with two attached hydrogens (primary N) is 1. The van der Waals surface area contributed by atoms with Gasteiger partial charge in [0, 0.05) is 12.6 Å². The number of ether oxygens (including phenoxy) is 1. The fourth-order valence-corrected chi connectivity index (χ4v) is 2.44. The first kappa shape index (κ1) is 15.1. The lowest BCUT2D eigenvalue weighted by Crippen LogP contribution is -2.10. The first-order chi connectivity index (χ1) is 10.1. The molecule has 0 atom stereocenters. The van der Waals surface area contributed by atoms with E-state index in [1.807, 2.05) is 0 Å². The van der Waals surface area contributed by atoms with E-state index >= 15 is 0 Å². The molecule has 0 radical (unpaired) electrons. The second kappa shape index (κ2) is 6.93. The maximum Gasteiger partial charge on any atom is 0.253 e. The molecule has 8 nitrogen and oxygen atoms in total. The third-order valence-electron chi connectivity index (χ3n) is 2.45. The molecule has 0 fully saturated rings. The lowest BCUT2D eigenvalue weighted by Gasteiger charge is -2.11. The molecule has 0 aliphatic heterocycles. The topological polar surface area (TPSA) is 119 Å². The van der Waals surface area contributed by atoms with Gasteiger partial charge in [-0.15, -0.1) is 0 Å². The van der Waals surface area contributed by atoms with Gasteiger partial charge in [-0.2, -0.15) is 0 Å². The molecule has 0 amide bonds. The van der Waals surface area contributed by atoms with Crippen molar-refractivity contribution in [1.29, 1.82) is 0 Å². The van der Waals surface area contributed by atoms with Crippen molar-refractivity contribution in [2.24, 2.45) is 0 Å². The van der Waals surface area contributed by atoms with Crippen molar-refractivity contribution in [3.8, 4) is 5.75 Å². The normalized spacial score (nSPS) is 10.4. The van der Waals surface area contributed by atoms with Gasteiger partial charge in [-0.1, -0.05) is 6.92 Å². The summed E-state index contributed by atoms with van der Waals surface area (Å²) in [5.41, 5.74) is 5.24. The average Bonchev–Trinajstić information content (AvgIpc) is 2.44. The molecule has 9 heteroatoms. The molecule has 4 N–H and O–H groups in total. The summed E-state index contributed by atoms with van der Waals surface area (Å²) in [7, 11) is 1.54. The fraction of sp³-hybridized carbons (Fsp3) is 0.333. The zero-order valence-electron chi connectivity index (χ0n) is 11.7. The van der Waals surface area contributed by atoms with Gasteiger partial charge < -0.3 is 20.8 Å². The molecule has 112 valence electrons. The Morgan fingerprint density at radius 1 is 1.48 bits per heavy atom. The lowest BCUT2D eigenvalue weighted by molar-refractivity contribution is 0.400. The quantitative estimate of drug-likeness (QED) is 0.536. The summed E-state index contributed by atoms with van der Waals surface area (Å²) in [6.45, 7) is 2.82. The van der Waals surface area contributed by atoms with Crippen molar-refractivity contribution in [2.75, 3.05) is 24.7 Å². The van der Waals surface area contributed by atoms with Crippen molar-refractivity contribution in [3.63, 3.8) is 0 Å². The number of nitrogens with one attached hydrogen (secondary N) is 2. The average molecular weight is 308 g/mol. The van der Waals surface area contributed by atoms with Gasteiger partial charge in [0.25, 0.3) is 5.56 Å². The van der Waals surface area contributed by atoms with Gasteiger partial charge in [0.2, 0.25) is 0 Å². The SMILES string of the molecule is CCCNc1ncnc(Sc2nc(N)cc(=O)[nH]2)c1OC. The van der Waals surface area contributed by atoms with E-state index in [-0.39, 0.29) is 11.4 Å². The molecule has 2 heterocycles. The largest absolute Gasteiger partial charge is 0.490 e. The highest BCUT2D eigenvalue weighted by Gasteiger charge is 2.14. The van der Waals surface area contributed by atoms with Crippen LogP contribution < -0.4 is 21.3 Å². The zero-order valence-corrected chi connectivity index (χ0v) is 12.5. The number of aromatic nitrogens is 4. The van der Waals surface area contributed by atoms with E-state index in [0.717, 1.165) is 24.7 Å². The van der Waals surface area contributed by atoms with Gasteiger partial charge in [-0.3, -0.25) is 4.79 Å². The van der Waals surface area contributed by atoms with Crippen LogP contribution in [0.3, 0.4) is 0 Å². The molecule has 2 aromatic rings. The van der Waals surface area contributed by atoms with Crippen LogP contribution in [0.5, 0.6) is 5.75 Å². The molecule has 0 spiro atoms. The van der Waals surface area contributed by atoms with Crippen LogP contribution in [-0.4, -0.2) is 33.6 Å². The van der Waals surface area contributed by atoms with Gasteiger partial charge in [-0.25, -0.2) is 15.0 Å². The summed E-state index contributed by atoms with van der Waals surface area (Å²) in [6, 6.07) is 1.22. The number of methoxy groups -OCH3 is 1. The predicted octanol–water partition coefficient (Wildman–Crippen LogP) is 1.12.